The first-order valence-electron chi connectivity index (χ1n) is 4.44. The summed E-state index contributed by atoms with van der Waals surface area (Å²) in [6, 6.07) is 10.5. The van der Waals surface area contributed by atoms with Gasteiger partial charge < -0.3 is 0 Å². The second-order valence-electron chi connectivity index (χ2n) is 3.14. The number of allylic oxidation sites excluding steroid dienone is 4. The second kappa shape index (κ2) is 4.09. The molecule has 1 aromatic rings. The van der Waals surface area contributed by atoms with Crippen molar-refractivity contribution in [2.75, 3.05) is 0 Å². The fourth-order valence-corrected chi connectivity index (χ4v) is 2.15. The molecule has 13 heavy (non-hydrogen) atoms. The molecule has 0 nitrogen and oxygen atoms in total. The van der Waals surface area contributed by atoms with Gasteiger partial charge in [-0.25, -0.2) is 0 Å². The van der Waals surface area contributed by atoms with E-state index >= 15 is 0 Å². The summed E-state index contributed by atoms with van der Waals surface area (Å²) < 4.78 is 0.651. The maximum absolute atomic E-state index is 2.47. The molecule has 1 aliphatic rings. The first-order chi connectivity index (χ1) is 6.36. The third-order valence-electron chi connectivity index (χ3n) is 2.13. The molecule has 1 unspecified atom stereocenters. The molecule has 0 N–H and O–H groups in total. The Bertz CT molecular complexity index is 335. The van der Waals surface area contributed by atoms with Crippen molar-refractivity contribution in [2.45, 2.75) is 10.3 Å². The zero-order valence-electron chi connectivity index (χ0n) is 7.28. The Kier molecular flexibility index (Phi) is 2.83. The van der Waals surface area contributed by atoms with Crippen molar-refractivity contribution in [3.63, 3.8) is 0 Å². The fraction of sp³-hybridized carbons (Fsp3) is 0.167. The van der Waals surface area contributed by atoms with Gasteiger partial charge in [0.05, 0.1) is 0 Å². The minimum Gasteiger partial charge on any atom is -0.0826 e. The van der Waals surface area contributed by atoms with E-state index in [4.69, 9.17) is 0 Å². The van der Waals surface area contributed by atoms with Crippen molar-refractivity contribution in [1.82, 2.24) is 0 Å². The molecule has 1 atom stereocenters. The SMILES string of the molecule is IC1C=C(c2ccccc2)C=CC1. The summed E-state index contributed by atoms with van der Waals surface area (Å²) in [5, 5.41) is 0. The molecule has 0 amide bonds. The highest BCUT2D eigenvalue weighted by Crippen LogP contribution is 2.24. The molecular formula is C12H11I. The Balaban J connectivity index is 2.32. The molecule has 1 aliphatic carbocycles. The van der Waals surface area contributed by atoms with Crippen molar-refractivity contribution in [1.29, 1.82) is 0 Å². The lowest BCUT2D eigenvalue weighted by Crippen LogP contribution is -1.96. The molecule has 0 fully saturated rings. The molecule has 1 heteroatoms. The van der Waals surface area contributed by atoms with E-state index in [-0.39, 0.29) is 0 Å². The second-order valence-corrected chi connectivity index (χ2v) is 4.74. The zero-order chi connectivity index (χ0) is 9.10. The first kappa shape index (κ1) is 9.00. The summed E-state index contributed by atoms with van der Waals surface area (Å²) >= 11 is 2.47. The highest BCUT2D eigenvalue weighted by atomic mass is 127. The minimum absolute atomic E-state index is 0.651. The van der Waals surface area contributed by atoms with Gasteiger partial charge >= 0.3 is 0 Å². The van der Waals surface area contributed by atoms with Crippen molar-refractivity contribution < 1.29 is 0 Å². The van der Waals surface area contributed by atoms with Crippen molar-refractivity contribution in [3.8, 4) is 0 Å². The summed E-state index contributed by atoms with van der Waals surface area (Å²) in [5.74, 6) is 0. The van der Waals surface area contributed by atoms with Gasteiger partial charge in [0.15, 0.2) is 0 Å². The maximum atomic E-state index is 2.47. The lowest BCUT2D eigenvalue weighted by Gasteiger charge is -2.10. The van der Waals surface area contributed by atoms with Gasteiger partial charge in [-0.15, -0.1) is 0 Å². The van der Waals surface area contributed by atoms with Crippen LogP contribution in [0.4, 0.5) is 0 Å². The fourth-order valence-electron chi connectivity index (χ4n) is 1.47. The van der Waals surface area contributed by atoms with Gasteiger partial charge in [-0.05, 0) is 17.6 Å². The number of alkyl halides is 1. The van der Waals surface area contributed by atoms with Crippen LogP contribution in [0, 0.1) is 0 Å². The lowest BCUT2D eigenvalue weighted by molar-refractivity contribution is 1.10. The topological polar surface area (TPSA) is 0 Å². The van der Waals surface area contributed by atoms with Gasteiger partial charge in [0, 0.05) is 3.92 Å². The Hall–Kier alpha value is -0.570. The van der Waals surface area contributed by atoms with E-state index < -0.39 is 0 Å². The molecule has 0 saturated carbocycles. The molecule has 1 aromatic carbocycles. The van der Waals surface area contributed by atoms with Crippen LogP contribution in [0.15, 0.2) is 48.6 Å². The maximum Gasteiger partial charge on any atom is 0.0332 e. The number of hydrogen-bond donors (Lipinski definition) is 0. The molecule has 2 rings (SSSR count). The zero-order valence-corrected chi connectivity index (χ0v) is 9.44. The van der Waals surface area contributed by atoms with Gasteiger partial charge in [0.2, 0.25) is 0 Å². The number of rotatable bonds is 1. The van der Waals surface area contributed by atoms with E-state index in [0.717, 1.165) is 6.42 Å². The Morgan fingerprint density at radius 2 is 1.92 bits per heavy atom. The summed E-state index contributed by atoms with van der Waals surface area (Å²) in [6.07, 6.45) is 7.96. The van der Waals surface area contributed by atoms with E-state index in [1.54, 1.807) is 0 Å². The van der Waals surface area contributed by atoms with E-state index in [0.29, 0.717) is 3.92 Å². The lowest BCUT2D eigenvalue weighted by atomic mass is 10.00. The molecule has 66 valence electrons. The molecule has 0 heterocycles. The molecule has 0 bridgehead atoms. The monoisotopic (exact) mass is 282 g/mol. The van der Waals surface area contributed by atoms with Gasteiger partial charge in [-0.3, -0.25) is 0 Å². The average molecular weight is 282 g/mol. The minimum atomic E-state index is 0.651. The summed E-state index contributed by atoms with van der Waals surface area (Å²) in [5.41, 5.74) is 2.67. The van der Waals surface area contributed by atoms with Gasteiger partial charge in [0.1, 0.15) is 0 Å². The van der Waals surface area contributed by atoms with E-state index in [9.17, 15) is 0 Å². The van der Waals surface area contributed by atoms with Crippen LogP contribution in [0.1, 0.15) is 12.0 Å². The molecule has 0 radical (unpaired) electrons. The van der Waals surface area contributed by atoms with E-state index in [1.807, 2.05) is 0 Å². The smallest absolute Gasteiger partial charge is 0.0332 e. The Labute approximate surface area is 92.5 Å². The van der Waals surface area contributed by atoms with Crippen molar-refractivity contribution in [2.24, 2.45) is 0 Å². The van der Waals surface area contributed by atoms with Crippen LogP contribution in [0.25, 0.3) is 5.57 Å². The summed E-state index contributed by atoms with van der Waals surface area (Å²) in [4.78, 5) is 0. The molecule has 0 spiro atoms. The summed E-state index contributed by atoms with van der Waals surface area (Å²) in [6.45, 7) is 0. The summed E-state index contributed by atoms with van der Waals surface area (Å²) in [7, 11) is 0. The average Bonchev–Trinajstić information content (AvgIpc) is 2.19. The van der Waals surface area contributed by atoms with Crippen LogP contribution in [-0.4, -0.2) is 3.92 Å². The Morgan fingerprint density at radius 1 is 1.15 bits per heavy atom. The highest BCUT2D eigenvalue weighted by molar-refractivity contribution is 14.1. The molecular weight excluding hydrogens is 271 g/mol. The first-order valence-corrected chi connectivity index (χ1v) is 5.69. The number of benzene rings is 1. The normalized spacial score (nSPS) is 21.3. The molecule has 0 aromatic heterocycles. The number of hydrogen-bond acceptors (Lipinski definition) is 0. The van der Waals surface area contributed by atoms with Crippen LogP contribution in [0.2, 0.25) is 0 Å². The molecule has 0 saturated heterocycles. The standard InChI is InChI=1S/C12H11I/c13-12-8-4-7-11(9-12)10-5-2-1-3-6-10/h1-7,9,12H,8H2. The largest absolute Gasteiger partial charge is 0.0826 e. The highest BCUT2D eigenvalue weighted by Gasteiger charge is 2.05. The van der Waals surface area contributed by atoms with Crippen LogP contribution in [0.3, 0.4) is 0 Å². The Morgan fingerprint density at radius 3 is 2.62 bits per heavy atom. The molecule has 0 aliphatic heterocycles. The van der Waals surface area contributed by atoms with Crippen LogP contribution in [0.5, 0.6) is 0 Å². The van der Waals surface area contributed by atoms with Crippen LogP contribution >= 0.6 is 22.6 Å². The quantitative estimate of drug-likeness (QED) is 0.542. The van der Waals surface area contributed by atoms with Gasteiger partial charge in [-0.1, -0.05) is 71.2 Å². The predicted molar refractivity (Wildman–Crippen MR) is 66.0 cm³/mol. The third kappa shape index (κ3) is 2.21. The van der Waals surface area contributed by atoms with E-state index in [1.165, 1.54) is 11.1 Å². The van der Waals surface area contributed by atoms with Crippen LogP contribution < -0.4 is 0 Å². The van der Waals surface area contributed by atoms with E-state index in [2.05, 4.69) is 71.2 Å². The predicted octanol–water partition coefficient (Wildman–Crippen LogP) is 3.83. The van der Waals surface area contributed by atoms with Crippen molar-refractivity contribution in [3.05, 3.63) is 54.1 Å². The number of halogens is 1. The van der Waals surface area contributed by atoms with Gasteiger partial charge in [0.25, 0.3) is 0 Å². The van der Waals surface area contributed by atoms with Gasteiger partial charge in [-0.2, -0.15) is 0 Å². The van der Waals surface area contributed by atoms with Crippen molar-refractivity contribution >= 4 is 28.2 Å². The third-order valence-corrected chi connectivity index (χ3v) is 2.99. The van der Waals surface area contributed by atoms with Crippen LogP contribution in [-0.2, 0) is 0 Å².